The van der Waals surface area contributed by atoms with E-state index in [-0.39, 0.29) is 24.0 Å². The van der Waals surface area contributed by atoms with Crippen LogP contribution >= 0.6 is 0 Å². The lowest BCUT2D eigenvalue weighted by Gasteiger charge is -2.34. The van der Waals surface area contributed by atoms with Crippen molar-refractivity contribution in [1.82, 2.24) is 14.5 Å². The molecule has 3 aromatic carbocycles. The second-order valence-corrected chi connectivity index (χ2v) is 9.82. The van der Waals surface area contributed by atoms with Gasteiger partial charge in [0.15, 0.2) is 0 Å². The molecular weight excluding hydrogens is 472 g/mol. The Morgan fingerprint density at radius 3 is 2.24 bits per heavy atom. The first kappa shape index (κ1) is 24.6. The Hall–Kier alpha value is -4.04. The highest BCUT2D eigenvalue weighted by atomic mass is 19.1. The van der Waals surface area contributed by atoms with E-state index in [4.69, 9.17) is 10.7 Å². The van der Waals surface area contributed by atoms with E-state index in [1.807, 2.05) is 31.2 Å². The van der Waals surface area contributed by atoms with Crippen molar-refractivity contribution in [2.24, 2.45) is 5.73 Å². The number of hydrogen-bond acceptors (Lipinski definition) is 4. The molecule has 0 fully saturated rings. The zero-order chi connectivity index (χ0) is 26.2. The third-order valence-corrected chi connectivity index (χ3v) is 6.66. The molecule has 1 amide bonds. The molecule has 0 spiro atoms. The Morgan fingerprint density at radius 2 is 1.59 bits per heavy atom. The van der Waals surface area contributed by atoms with Crippen LogP contribution in [0.5, 0.6) is 0 Å². The molecule has 190 valence electrons. The Morgan fingerprint density at radius 1 is 0.973 bits per heavy atom. The summed E-state index contributed by atoms with van der Waals surface area (Å²) in [4.78, 5) is 20.0. The van der Waals surface area contributed by atoms with Gasteiger partial charge in [-0.1, -0.05) is 29.8 Å². The van der Waals surface area contributed by atoms with Gasteiger partial charge >= 0.3 is 0 Å². The number of nitrogens with one attached hydrogen (secondary N) is 1. The fraction of sp³-hybridized carbons (Fsp3) is 0.241. The summed E-state index contributed by atoms with van der Waals surface area (Å²) in [5.74, 6) is 0.664. The Labute approximate surface area is 214 Å². The van der Waals surface area contributed by atoms with Crippen LogP contribution in [0.2, 0.25) is 0 Å². The number of hydrogen-bond donors (Lipinski definition) is 2. The SMILES string of the molecule is Cc1ccc(Nc2c(-c3ccc(F)cc3)nc3n2CCN(C(=O)[C@@](C)(N)Cc2ccc(F)cc2)C3)cc1. The Kier molecular flexibility index (Phi) is 6.52. The van der Waals surface area contributed by atoms with Gasteiger partial charge in [-0.25, -0.2) is 13.8 Å². The second kappa shape index (κ2) is 9.78. The zero-order valence-corrected chi connectivity index (χ0v) is 20.8. The van der Waals surface area contributed by atoms with E-state index in [1.165, 1.54) is 24.3 Å². The molecule has 0 saturated heterocycles. The molecular formula is C29H29F2N5O. The fourth-order valence-electron chi connectivity index (χ4n) is 4.68. The van der Waals surface area contributed by atoms with E-state index < -0.39 is 5.54 Å². The van der Waals surface area contributed by atoms with Crippen LogP contribution in [0, 0.1) is 18.6 Å². The molecule has 1 aliphatic rings. The van der Waals surface area contributed by atoms with Gasteiger partial charge in [0.2, 0.25) is 5.91 Å². The summed E-state index contributed by atoms with van der Waals surface area (Å²) < 4.78 is 29.0. The zero-order valence-electron chi connectivity index (χ0n) is 20.8. The smallest absolute Gasteiger partial charge is 0.243 e. The summed E-state index contributed by atoms with van der Waals surface area (Å²) >= 11 is 0. The number of anilines is 2. The van der Waals surface area contributed by atoms with Crippen molar-refractivity contribution in [3.05, 3.63) is 101 Å². The van der Waals surface area contributed by atoms with Crippen LogP contribution in [-0.4, -0.2) is 32.4 Å². The molecule has 1 atom stereocenters. The number of halogens is 2. The Bertz CT molecular complexity index is 1410. The van der Waals surface area contributed by atoms with E-state index >= 15 is 0 Å². The van der Waals surface area contributed by atoms with Gasteiger partial charge in [0.05, 0.1) is 12.1 Å². The lowest BCUT2D eigenvalue weighted by Crippen LogP contribution is -2.56. The van der Waals surface area contributed by atoms with Crippen LogP contribution in [0.3, 0.4) is 0 Å². The summed E-state index contributed by atoms with van der Waals surface area (Å²) in [7, 11) is 0. The van der Waals surface area contributed by atoms with Crippen molar-refractivity contribution >= 4 is 17.4 Å². The quantitative estimate of drug-likeness (QED) is 0.382. The third kappa shape index (κ3) is 5.24. The summed E-state index contributed by atoms with van der Waals surface area (Å²) in [5, 5.41) is 3.48. The largest absolute Gasteiger partial charge is 0.340 e. The standard InChI is InChI=1S/C29H29F2N5O/c1-19-3-13-24(14-4-19)33-27-26(21-7-11-23(31)12-8-21)34-25-18-35(15-16-36(25)27)28(37)29(2,32)17-20-5-9-22(30)10-6-20/h3-14,33H,15-18,32H2,1-2H3/t29-/m0/s1. The lowest BCUT2D eigenvalue weighted by molar-refractivity contribution is -0.138. The highest BCUT2D eigenvalue weighted by Gasteiger charge is 2.36. The first-order valence-corrected chi connectivity index (χ1v) is 12.2. The van der Waals surface area contributed by atoms with E-state index in [0.717, 1.165) is 28.2 Å². The monoisotopic (exact) mass is 501 g/mol. The molecule has 0 unspecified atom stereocenters. The Balaban J connectivity index is 1.43. The summed E-state index contributed by atoms with van der Waals surface area (Å²) in [6.45, 7) is 5.01. The minimum Gasteiger partial charge on any atom is -0.340 e. The van der Waals surface area contributed by atoms with Gasteiger partial charge < -0.3 is 20.5 Å². The minimum atomic E-state index is -1.16. The molecule has 0 radical (unpaired) electrons. The minimum absolute atomic E-state index is 0.192. The van der Waals surface area contributed by atoms with Gasteiger partial charge in [-0.05, 0) is 74.4 Å². The molecule has 1 aromatic heterocycles. The maximum absolute atomic E-state index is 13.6. The van der Waals surface area contributed by atoms with Gasteiger partial charge in [-0.15, -0.1) is 0 Å². The molecule has 37 heavy (non-hydrogen) atoms. The molecule has 5 rings (SSSR count). The predicted molar refractivity (Wildman–Crippen MR) is 140 cm³/mol. The van der Waals surface area contributed by atoms with Crippen LogP contribution in [0.4, 0.5) is 20.3 Å². The van der Waals surface area contributed by atoms with Crippen LogP contribution in [0.15, 0.2) is 72.8 Å². The maximum atomic E-state index is 13.6. The number of imidazole rings is 1. The van der Waals surface area contributed by atoms with E-state index in [0.29, 0.717) is 31.2 Å². The summed E-state index contributed by atoms with van der Waals surface area (Å²) in [6, 6.07) is 20.3. The number of aromatic nitrogens is 2. The first-order valence-electron chi connectivity index (χ1n) is 12.2. The van der Waals surface area contributed by atoms with Gasteiger partial charge in [0.1, 0.15) is 29.0 Å². The van der Waals surface area contributed by atoms with Crippen LogP contribution in [0.1, 0.15) is 23.9 Å². The molecule has 1 aliphatic heterocycles. The molecule has 2 heterocycles. The number of nitrogens with two attached hydrogens (primary N) is 1. The molecule has 6 nitrogen and oxygen atoms in total. The molecule has 0 bridgehead atoms. The number of benzene rings is 3. The number of fused-ring (bicyclic) bond motifs is 1. The number of amides is 1. The van der Waals surface area contributed by atoms with Crippen LogP contribution < -0.4 is 11.1 Å². The number of rotatable bonds is 6. The van der Waals surface area contributed by atoms with Crippen molar-refractivity contribution < 1.29 is 13.6 Å². The normalized spacial score (nSPS) is 14.7. The summed E-state index contributed by atoms with van der Waals surface area (Å²) in [5.41, 5.74) is 9.63. The molecule has 3 N–H and O–H groups in total. The highest BCUT2D eigenvalue weighted by molar-refractivity contribution is 5.86. The van der Waals surface area contributed by atoms with Crippen molar-refractivity contribution in [2.45, 2.75) is 38.9 Å². The average Bonchev–Trinajstić information content (AvgIpc) is 3.24. The van der Waals surface area contributed by atoms with Crippen molar-refractivity contribution in [2.75, 3.05) is 11.9 Å². The number of aryl methyl sites for hydroxylation is 1. The van der Waals surface area contributed by atoms with E-state index in [9.17, 15) is 13.6 Å². The number of carbonyl (C=O) groups is 1. The van der Waals surface area contributed by atoms with Crippen LogP contribution in [0.25, 0.3) is 11.3 Å². The third-order valence-electron chi connectivity index (χ3n) is 6.66. The lowest BCUT2D eigenvalue weighted by atomic mass is 9.92. The number of nitrogens with zero attached hydrogens (tertiary/aromatic N) is 3. The molecule has 0 saturated carbocycles. The van der Waals surface area contributed by atoms with Crippen LogP contribution in [-0.2, 0) is 24.3 Å². The predicted octanol–water partition coefficient (Wildman–Crippen LogP) is 5.18. The maximum Gasteiger partial charge on any atom is 0.243 e. The molecule has 8 heteroatoms. The average molecular weight is 502 g/mol. The summed E-state index contributed by atoms with van der Waals surface area (Å²) in [6.07, 6.45) is 0.290. The second-order valence-electron chi connectivity index (χ2n) is 9.82. The number of carbonyl (C=O) groups excluding carboxylic acids is 1. The van der Waals surface area contributed by atoms with Crippen molar-refractivity contribution in [3.63, 3.8) is 0 Å². The fourth-order valence-corrected chi connectivity index (χ4v) is 4.68. The highest BCUT2D eigenvalue weighted by Crippen LogP contribution is 2.34. The molecule has 0 aliphatic carbocycles. The van der Waals surface area contributed by atoms with Gasteiger partial charge in [0.25, 0.3) is 0 Å². The van der Waals surface area contributed by atoms with E-state index in [1.54, 1.807) is 36.1 Å². The van der Waals surface area contributed by atoms with Crippen molar-refractivity contribution in [3.8, 4) is 11.3 Å². The van der Waals surface area contributed by atoms with Gasteiger partial charge in [0, 0.05) is 24.3 Å². The first-order chi connectivity index (χ1) is 17.7. The van der Waals surface area contributed by atoms with Gasteiger partial charge in [-0.2, -0.15) is 0 Å². The topological polar surface area (TPSA) is 76.2 Å². The van der Waals surface area contributed by atoms with Gasteiger partial charge in [-0.3, -0.25) is 4.79 Å². The molecule has 4 aromatic rings. The van der Waals surface area contributed by atoms with Crippen molar-refractivity contribution in [1.29, 1.82) is 0 Å². The van der Waals surface area contributed by atoms with E-state index in [2.05, 4.69) is 9.88 Å².